The average Bonchev–Trinajstić information content (AvgIpc) is 2.55. The number of nitro benzene ring substituents is 1. The van der Waals surface area contributed by atoms with Crippen molar-refractivity contribution in [2.75, 3.05) is 5.43 Å². The molecule has 0 saturated heterocycles. The minimum Gasteiger partial charge on any atom is -0.278 e. The second-order valence-electron chi connectivity index (χ2n) is 4.74. The summed E-state index contributed by atoms with van der Waals surface area (Å²) in [6.45, 7) is 0. The molecule has 0 unspecified atom stereocenters. The highest BCUT2D eigenvalue weighted by Gasteiger charge is 2.04. The first-order valence-corrected chi connectivity index (χ1v) is 7.09. The van der Waals surface area contributed by atoms with E-state index >= 15 is 0 Å². The van der Waals surface area contributed by atoms with Crippen LogP contribution in [0.2, 0.25) is 5.02 Å². The molecule has 7 heteroatoms. The van der Waals surface area contributed by atoms with Crippen LogP contribution in [0.5, 0.6) is 0 Å². The van der Waals surface area contributed by atoms with Gasteiger partial charge in [-0.25, -0.2) is 0 Å². The Morgan fingerprint density at radius 2 is 2.09 bits per heavy atom. The van der Waals surface area contributed by atoms with Gasteiger partial charge in [-0.15, -0.1) is 0 Å². The molecule has 0 amide bonds. The third kappa shape index (κ3) is 3.44. The lowest BCUT2D eigenvalue weighted by molar-refractivity contribution is -0.384. The number of anilines is 1. The third-order valence-electron chi connectivity index (χ3n) is 3.18. The summed E-state index contributed by atoms with van der Waals surface area (Å²) in [7, 11) is 0. The van der Waals surface area contributed by atoms with Crippen molar-refractivity contribution >= 4 is 40.1 Å². The highest BCUT2D eigenvalue weighted by Crippen LogP contribution is 2.24. The number of aromatic nitrogens is 1. The molecule has 0 atom stereocenters. The maximum atomic E-state index is 10.8. The summed E-state index contributed by atoms with van der Waals surface area (Å²) in [6, 6.07) is 13.4. The number of nitro groups is 1. The zero-order valence-corrected chi connectivity index (χ0v) is 12.6. The van der Waals surface area contributed by atoms with Crippen LogP contribution in [0.3, 0.4) is 0 Å². The number of hydrazone groups is 1. The van der Waals surface area contributed by atoms with Gasteiger partial charge in [0.1, 0.15) is 0 Å². The van der Waals surface area contributed by atoms with Gasteiger partial charge in [-0.2, -0.15) is 5.10 Å². The minimum atomic E-state index is -0.440. The van der Waals surface area contributed by atoms with Gasteiger partial charge in [0, 0.05) is 34.3 Å². The molecule has 23 heavy (non-hydrogen) atoms. The molecule has 2 aromatic carbocycles. The van der Waals surface area contributed by atoms with Gasteiger partial charge in [0.25, 0.3) is 5.69 Å². The Balaban J connectivity index is 1.83. The maximum absolute atomic E-state index is 10.8. The molecule has 0 aliphatic carbocycles. The van der Waals surface area contributed by atoms with Gasteiger partial charge < -0.3 is 0 Å². The zero-order chi connectivity index (χ0) is 16.2. The van der Waals surface area contributed by atoms with E-state index in [9.17, 15) is 10.1 Å². The molecule has 0 saturated carbocycles. The van der Waals surface area contributed by atoms with E-state index in [-0.39, 0.29) is 5.69 Å². The molecule has 3 rings (SSSR count). The first-order valence-electron chi connectivity index (χ1n) is 6.71. The zero-order valence-electron chi connectivity index (χ0n) is 11.8. The molecule has 0 aliphatic heterocycles. The molecule has 0 bridgehead atoms. The summed E-state index contributed by atoms with van der Waals surface area (Å²) < 4.78 is 0. The van der Waals surface area contributed by atoms with Gasteiger partial charge >= 0.3 is 0 Å². The quantitative estimate of drug-likeness (QED) is 0.441. The number of rotatable bonds is 4. The van der Waals surface area contributed by atoms with E-state index in [4.69, 9.17) is 11.6 Å². The van der Waals surface area contributed by atoms with Gasteiger partial charge in [-0.3, -0.25) is 20.5 Å². The van der Waals surface area contributed by atoms with Gasteiger partial charge in [-0.05, 0) is 24.3 Å². The van der Waals surface area contributed by atoms with Crippen molar-refractivity contribution in [3.05, 3.63) is 75.4 Å². The molecule has 1 heterocycles. The summed E-state index contributed by atoms with van der Waals surface area (Å²) in [4.78, 5) is 14.6. The highest BCUT2D eigenvalue weighted by molar-refractivity contribution is 6.31. The highest BCUT2D eigenvalue weighted by atomic mass is 35.5. The van der Waals surface area contributed by atoms with Crippen LogP contribution in [-0.2, 0) is 0 Å². The van der Waals surface area contributed by atoms with Crippen LogP contribution in [0.4, 0.5) is 11.4 Å². The van der Waals surface area contributed by atoms with E-state index in [1.165, 1.54) is 18.3 Å². The average molecular weight is 327 g/mol. The third-order valence-corrected chi connectivity index (χ3v) is 3.42. The van der Waals surface area contributed by atoms with Crippen LogP contribution in [0.25, 0.3) is 10.9 Å². The van der Waals surface area contributed by atoms with Crippen molar-refractivity contribution in [2.45, 2.75) is 0 Å². The van der Waals surface area contributed by atoms with Crippen molar-refractivity contribution in [3.63, 3.8) is 0 Å². The summed E-state index contributed by atoms with van der Waals surface area (Å²) in [5, 5.41) is 16.4. The SMILES string of the molecule is O=[N+]([O-])c1cccc(/C=N\Nc2ccnc3cc(Cl)ccc23)c1. The fraction of sp³-hybridized carbons (Fsp3) is 0. The number of hydrogen-bond acceptors (Lipinski definition) is 5. The number of non-ortho nitro benzene ring substituents is 1. The predicted molar refractivity (Wildman–Crippen MR) is 91.1 cm³/mol. The molecule has 114 valence electrons. The van der Waals surface area contributed by atoms with Crippen molar-refractivity contribution in [3.8, 4) is 0 Å². The van der Waals surface area contributed by atoms with E-state index in [0.717, 1.165) is 16.6 Å². The molecular weight excluding hydrogens is 316 g/mol. The molecule has 0 aliphatic rings. The number of fused-ring (bicyclic) bond motifs is 1. The first kappa shape index (κ1) is 14.9. The van der Waals surface area contributed by atoms with Crippen LogP contribution in [0, 0.1) is 10.1 Å². The number of nitrogens with zero attached hydrogens (tertiary/aromatic N) is 3. The van der Waals surface area contributed by atoms with Gasteiger partial charge in [0.2, 0.25) is 0 Å². The van der Waals surface area contributed by atoms with Crippen molar-refractivity contribution < 1.29 is 4.92 Å². The van der Waals surface area contributed by atoms with Crippen LogP contribution in [0.1, 0.15) is 5.56 Å². The van der Waals surface area contributed by atoms with Gasteiger partial charge in [-0.1, -0.05) is 23.7 Å². The number of nitrogens with one attached hydrogen (secondary N) is 1. The monoisotopic (exact) mass is 326 g/mol. The minimum absolute atomic E-state index is 0.0259. The Kier molecular flexibility index (Phi) is 4.16. The molecule has 1 N–H and O–H groups in total. The van der Waals surface area contributed by atoms with E-state index < -0.39 is 4.92 Å². The number of benzene rings is 2. The van der Waals surface area contributed by atoms with Gasteiger partial charge in [0.15, 0.2) is 0 Å². The fourth-order valence-electron chi connectivity index (χ4n) is 2.11. The smallest absolute Gasteiger partial charge is 0.270 e. The van der Waals surface area contributed by atoms with Crippen LogP contribution >= 0.6 is 11.6 Å². The Morgan fingerprint density at radius 1 is 1.22 bits per heavy atom. The molecule has 6 nitrogen and oxygen atoms in total. The Bertz CT molecular complexity index is 911. The fourth-order valence-corrected chi connectivity index (χ4v) is 2.28. The molecule has 1 aromatic heterocycles. The Hall–Kier alpha value is -2.99. The lowest BCUT2D eigenvalue weighted by atomic mass is 10.2. The Morgan fingerprint density at radius 3 is 2.91 bits per heavy atom. The van der Waals surface area contributed by atoms with E-state index in [0.29, 0.717) is 10.6 Å². The van der Waals surface area contributed by atoms with E-state index in [1.54, 1.807) is 36.5 Å². The standard InChI is InChI=1S/C16H11ClN4O2/c17-12-4-5-14-15(6-7-18-16(14)9-12)20-19-10-11-2-1-3-13(8-11)21(22)23/h1-10H,(H,18,20)/b19-10-. The predicted octanol–water partition coefficient (Wildman–Crippen LogP) is 4.24. The molecule has 0 fully saturated rings. The molecule has 0 spiro atoms. The second kappa shape index (κ2) is 6.41. The van der Waals surface area contributed by atoms with Crippen molar-refractivity contribution in [1.29, 1.82) is 0 Å². The largest absolute Gasteiger partial charge is 0.278 e. The summed E-state index contributed by atoms with van der Waals surface area (Å²) in [5.74, 6) is 0. The van der Waals surface area contributed by atoms with Crippen LogP contribution < -0.4 is 5.43 Å². The van der Waals surface area contributed by atoms with E-state index in [2.05, 4.69) is 15.5 Å². The Labute approximate surface area is 136 Å². The lowest BCUT2D eigenvalue weighted by Gasteiger charge is -2.05. The summed E-state index contributed by atoms with van der Waals surface area (Å²) >= 11 is 5.95. The summed E-state index contributed by atoms with van der Waals surface area (Å²) in [6.07, 6.45) is 3.18. The molecule has 0 radical (unpaired) electrons. The normalized spacial score (nSPS) is 11.0. The van der Waals surface area contributed by atoms with Crippen LogP contribution in [-0.4, -0.2) is 16.1 Å². The molecular formula is C16H11ClN4O2. The first-order chi connectivity index (χ1) is 11.1. The van der Waals surface area contributed by atoms with Gasteiger partial charge in [0.05, 0.1) is 22.3 Å². The number of hydrogen-bond donors (Lipinski definition) is 1. The van der Waals surface area contributed by atoms with Crippen LogP contribution in [0.15, 0.2) is 59.8 Å². The number of pyridine rings is 1. The molecule has 3 aromatic rings. The second-order valence-corrected chi connectivity index (χ2v) is 5.18. The van der Waals surface area contributed by atoms with E-state index in [1.807, 2.05) is 6.07 Å². The number of halogens is 1. The topological polar surface area (TPSA) is 80.4 Å². The summed E-state index contributed by atoms with van der Waals surface area (Å²) in [5.41, 5.74) is 5.11. The van der Waals surface area contributed by atoms with Crippen molar-refractivity contribution in [2.24, 2.45) is 5.10 Å². The maximum Gasteiger partial charge on any atom is 0.270 e. The van der Waals surface area contributed by atoms with Crippen molar-refractivity contribution in [1.82, 2.24) is 4.98 Å². The lowest BCUT2D eigenvalue weighted by Crippen LogP contribution is -1.94.